The lowest BCUT2D eigenvalue weighted by Crippen LogP contribution is -2.32. The minimum atomic E-state index is 0.192. The van der Waals surface area contributed by atoms with Crippen molar-refractivity contribution in [2.24, 2.45) is 5.92 Å². The van der Waals surface area contributed by atoms with Crippen molar-refractivity contribution in [2.75, 3.05) is 32.1 Å². The number of hydrogen-bond donors (Lipinski definition) is 1. The summed E-state index contributed by atoms with van der Waals surface area (Å²) in [6.45, 7) is 2.67. The van der Waals surface area contributed by atoms with Gasteiger partial charge in [0.2, 0.25) is 11.5 Å². The number of halogens is 1. The largest absolute Gasteiger partial charge is 0.475 e. The van der Waals surface area contributed by atoms with Crippen molar-refractivity contribution in [3.8, 4) is 11.9 Å². The molecule has 1 saturated heterocycles. The first-order chi connectivity index (χ1) is 14.1. The predicted octanol–water partition coefficient (Wildman–Crippen LogP) is 3.43. The van der Waals surface area contributed by atoms with Crippen LogP contribution in [0.4, 0.5) is 11.6 Å². The molecule has 0 amide bonds. The van der Waals surface area contributed by atoms with E-state index in [0.717, 1.165) is 42.5 Å². The van der Waals surface area contributed by atoms with Gasteiger partial charge in [-0.2, -0.15) is 10.2 Å². The van der Waals surface area contributed by atoms with Crippen LogP contribution in [-0.2, 0) is 0 Å². The summed E-state index contributed by atoms with van der Waals surface area (Å²) < 4.78 is 5.88. The molecular formula is C21H22ClN6O+. The van der Waals surface area contributed by atoms with Gasteiger partial charge in [0.25, 0.3) is 11.7 Å². The Morgan fingerprint density at radius 2 is 2.21 bits per heavy atom. The van der Waals surface area contributed by atoms with Gasteiger partial charge in [0.05, 0.1) is 24.0 Å². The van der Waals surface area contributed by atoms with Crippen LogP contribution in [0.5, 0.6) is 5.88 Å². The molecule has 0 aliphatic carbocycles. The highest BCUT2D eigenvalue weighted by molar-refractivity contribution is 6.35. The fraction of sp³-hybridized carbons (Fsp3) is 0.333. The number of pyridine rings is 1. The van der Waals surface area contributed by atoms with Crippen LogP contribution in [0.15, 0.2) is 36.7 Å². The Kier molecular flexibility index (Phi) is 5.74. The van der Waals surface area contributed by atoms with Gasteiger partial charge in [-0.25, -0.2) is 15.3 Å². The molecule has 7 nitrogen and oxygen atoms in total. The molecule has 3 heterocycles. The summed E-state index contributed by atoms with van der Waals surface area (Å²) in [5.41, 5.74) is 0.192. The molecular weight excluding hydrogens is 388 g/mol. The van der Waals surface area contributed by atoms with Crippen LogP contribution in [0.3, 0.4) is 0 Å². The number of aromatic nitrogens is 3. The summed E-state index contributed by atoms with van der Waals surface area (Å²) >= 11 is 6.22. The van der Waals surface area contributed by atoms with Gasteiger partial charge < -0.3 is 9.64 Å². The second kappa shape index (κ2) is 8.60. The first kappa shape index (κ1) is 19.4. The summed E-state index contributed by atoms with van der Waals surface area (Å²) in [6.07, 6.45) is 5.53. The fourth-order valence-corrected chi connectivity index (χ4v) is 3.66. The number of H-pyrrole nitrogens is 1. The molecule has 0 bridgehead atoms. The highest BCUT2D eigenvalue weighted by Crippen LogP contribution is 2.25. The van der Waals surface area contributed by atoms with Gasteiger partial charge in [-0.3, -0.25) is 0 Å². The van der Waals surface area contributed by atoms with Crippen LogP contribution >= 0.6 is 11.6 Å². The van der Waals surface area contributed by atoms with Crippen molar-refractivity contribution in [3.05, 3.63) is 47.4 Å². The van der Waals surface area contributed by atoms with Gasteiger partial charge in [0.1, 0.15) is 6.07 Å². The average Bonchev–Trinajstić information content (AvgIpc) is 2.73. The first-order valence-electron chi connectivity index (χ1n) is 9.58. The third-order valence-electron chi connectivity index (χ3n) is 5.16. The summed E-state index contributed by atoms with van der Waals surface area (Å²) in [6, 6.07) is 9.75. The van der Waals surface area contributed by atoms with E-state index in [-0.39, 0.29) is 11.6 Å². The Hall–Kier alpha value is -2.95. The number of aromatic amines is 1. The zero-order chi connectivity index (χ0) is 20.2. The van der Waals surface area contributed by atoms with Crippen LogP contribution in [-0.4, -0.2) is 41.6 Å². The molecule has 8 heteroatoms. The van der Waals surface area contributed by atoms with E-state index in [2.05, 4.69) is 38.3 Å². The molecule has 1 aliphatic heterocycles. The normalized spacial score (nSPS) is 15.2. The van der Waals surface area contributed by atoms with E-state index in [1.165, 1.54) is 6.20 Å². The van der Waals surface area contributed by atoms with Gasteiger partial charge in [0.15, 0.2) is 0 Å². The molecule has 4 rings (SSSR count). The van der Waals surface area contributed by atoms with E-state index in [9.17, 15) is 5.26 Å². The molecule has 2 aromatic heterocycles. The summed E-state index contributed by atoms with van der Waals surface area (Å²) in [5.74, 6) is 1.97. The highest BCUT2D eigenvalue weighted by atomic mass is 35.5. The molecule has 29 heavy (non-hydrogen) atoms. The molecule has 2 N–H and O–H groups in total. The van der Waals surface area contributed by atoms with E-state index >= 15 is 0 Å². The maximum Gasteiger partial charge on any atom is 0.279 e. The highest BCUT2D eigenvalue weighted by Gasteiger charge is 2.19. The minimum absolute atomic E-state index is 0.192. The first-order valence-corrected chi connectivity index (χ1v) is 9.95. The van der Waals surface area contributed by atoms with Crippen LogP contribution in [0.1, 0.15) is 18.5 Å². The Labute approximate surface area is 174 Å². The van der Waals surface area contributed by atoms with Crippen molar-refractivity contribution in [3.63, 3.8) is 0 Å². The van der Waals surface area contributed by atoms with Gasteiger partial charge in [-0.1, -0.05) is 23.7 Å². The van der Waals surface area contributed by atoms with Crippen molar-refractivity contribution in [2.45, 2.75) is 12.8 Å². The zero-order valence-electron chi connectivity index (χ0n) is 16.2. The van der Waals surface area contributed by atoms with Crippen LogP contribution in [0.25, 0.3) is 10.8 Å². The number of benzene rings is 1. The Morgan fingerprint density at radius 1 is 1.38 bits per heavy atom. The number of ether oxygens (including phenoxy) is 1. The van der Waals surface area contributed by atoms with Gasteiger partial charge in [-0.15, -0.1) is 0 Å². The number of piperidine rings is 1. The van der Waals surface area contributed by atoms with Gasteiger partial charge in [-0.05, 0) is 50.3 Å². The Balaban J connectivity index is 1.49. The van der Waals surface area contributed by atoms with E-state index in [1.54, 1.807) is 0 Å². The van der Waals surface area contributed by atoms with Crippen molar-refractivity contribution < 1.29 is 9.72 Å². The number of anilines is 2. The Bertz CT molecular complexity index is 1060. The quantitative estimate of drug-likeness (QED) is 0.694. The Morgan fingerprint density at radius 3 is 3.00 bits per heavy atom. The molecule has 3 aromatic rings. The van der Waals surface area contributed by atoms with E-state index in [1.807, 2.05) is 30.5 Å². The van der Waals surface area contributed by atoms with Crippen LogP contribution < -0.4 is 15.0 Å². The van der Waals surface area contributed by atoms with Gasteiger partial charge >= 0.3 is 0 Å². The number of hydrogen-bond acceptors (Lipinski definition) is 6. The molecule has 0 unspecified atom stereocenters. The number of nitrogens with zero attached hydrogens (tertiary/aromatic N) is 4. The van der Waals surface area contributed by atoms with Crippen molar-refractivity contribution in [1.29, 1.82) is 5.26 Å². The maximum atomic E-state index is 9.34. The molecule has 0 spiro atoms. The number of likely N-dealkylation sites (tertiary alicyclic amines) is 1. The van der Waals surface area contributed by atoms with E-state index in [4.69, 9.17) is 16.3 Å². The number of nitrogens with one attached hydrogen (secondary N) is 2. The van der Waals surface area contributed by atoms with Crippen molar-refractivity contribution in [1.82, 2.24) is 14.9 Å². The summed E-state index contributed by atoms with van der Waals surface area (Å²) in [7, 11) is 2.13. The third-order valence-corrected chi connectivity index (χ3v) is 5.49. The third kappa shape index (κ3) is 4.56. The lowest BCUT2D eigenvalue weighted by molar-refractivity contribution is -0.358. The smallest absolute Gasteiger partial charge is 0.279 e. The SMILES string of the molecule is CN1CCC(COc2nc(Nc3cc4cccc(Cl)c4c[nH+]3)cnc2C#N)CC1. The minimum Gasteiger partial charge on any atom is -0.475 e. The second-order valence-corrected chi connectivity index (χ2v) is 7.70. The van der Waals surface area contributed by atoms with E-state index in [0.29, 0.717) is 23.4 Å². The molecule has 148 valence electrons. The lowest BCUT2D eigenvalue weighted by atomic mass is 9.98. The molecule has 0 radical (unpaired) electrons. The molecule has 1 fully saturated rings. The number of nitriles is 1. The molecule has 0 atom stereocenters. The molecule has 0 saturated carbocycles. The monoisotopic (exact) mass is 409 g/mol. The van der Waals surface area contributed by atoms with Crippen molar-refractivity contribution >= 4 is 34.0 Å². The second-order valence-electron chi connectivity index (χ2n) is 7.29. The maximum absolute atomic E-state index is 9.34. The topological polar surface area (TPSA) is 88.2 Å². The summed E-state index contributed by atoms with van der Waals surface area (Å²) in [5, 5.41) is 15.1. The number of fused-ring (bicyclic) bond motifs is 1. The van der Waals surface area contributed by atoms with Crippen LogP contribution in [0, 0.1) is 17.2 Å². The summed E-state index contributed by atoms with van der Waals surface area (Å²) in [4.78, 5) is 14.1. The van der Waals surface area contributed by atoms with Gasteiger partial charge in [0, 0.05) is 11.5 Å². The van der Waals surface area contributed by atoms with Crippen LogP contribution in [0.2, 0.25) is 5.02 Å². The standard InChI is InChI=1S/C21H21ClN6O/c1-28-7-5-14(6-8-28)13-29-21-18(10-23)24-12-20(27-21)26-19-9-15-3-2-4-17(22)16(15)11-25-19/h2-4,9,11-12,14H,5-8,13H2,1H3,(H,25,26,27)/p+1. The average molecular weight is 410 g/mol. The van der Waals surface area contributed by atoms with E-state index < -0.39 is 0 Å². The number of rotatable bonds is 5. The molecule has 1 aromatic carbocycles. The predicted molar refractivity (Wildman–Crippen MR) is 111 cm³/mol. The zero-order valence-corrected chi connectivity index (χ0v) is 16.9. The fourth-order valence-electron chi connectivity index (χ4n) is 3.42. The lowest BCUT2D eigenvalue weighted by Gasteiger charge is -2.28. The molecule has 1 aliphatic rings.